The monoisotopic (exact) mass is 423 g/mol. The number of ether oxygens (including phenoxy) is 3. The summed E-state index contributed by atoms with van der Waals surface area (Å²) >= 11 is 0. The number of carbonyl (C=O) groups is 1. The summed E-state index contributed by atoms with van der Waals surface area (Å²) < 4.78 is 18.7. The van der Waals surface area contributed by atoms with Gasteiger partial charge < -0.3 is 24.1 Å². The predicted molar refractivity (Wildman–Crippen MR) is 119 cm³/mol. The largest absolute Gasteiger partial charge is 0.497 e. The maximum Gasteiger partial charge on any atom is 0.249 e. The third-order valence-electron chi connectivity index (χ3n) is 5.46. The standard InChI is InChI=1S/C24H29N3O4/c1-29-18-9-11-19(12-10-18)30-17-5-15-27-21-7-3-2-6-20(21)26-23(27)13-14-25-24(28)22-8-4-16-31-22/h2-3,6-7,9-12,22H,4-5,8,13-17H2,1H3,(H,25,28). The average Bonchev–Trinajstić information content (AvgIpc) is 3.46. The third kappa shape index (κ3) is 5.35. The molecule has 31 heavy (non-hydrogen) atoms. The Hall–Kier alpha value is -3.06. The smallest absolute Gasteiger partial charge is 0.249 e. The summed E-state index contributed by atoms with van der Waals surface area (Å²) in [5.41, 5.74) is 2.08. The zero-order valence-electron chi connectivity index (χ0n) is 17.9. The molecule has 0 aliphatic carbocycles. The molecule has 0 spiro atoms. The summed E-state index contributed by atoms with van der Waals surface area (Å²) in [6.45, 7) is 2.62. The first-order valence-corrected chi connectivity index (χ1v) is 10.8. The van der Waals surface area contributed by atoms with Gasteiger partial charge in [0.15, 0.2) is 0 Å². The number of aryl methyl sites for hydroxylation is 1. The topological polar surface area (TPSA) is 74.6 Å². The highest BCUT2D eigenvalue weighted by Gasteiger charge is 2.23. The van der Waals surface area contributed by atoms with Crippen LogP contribution in [0, 0.1) is 0 Å². The number of rotatable bonds is 10. The van der Waals surface area contributed by atoms with Gasteiger partial charge in [0, 0.05) is 26.1 Å². The summed E-state index contributed by atoms with van der Waals surface area (Å²) in [6, 6.07) is 15.7. The Balaban J connectivity index is 1.33. The van der Waals surface area contributed by atoms with E-state index in [-0.39, 0.29) is 12.0 Å². The number of nitrogens with one attached hydrogen (secondary N) is 1. The van der Waals surface area contributed by atoms with Crippen LogP contribution in [-0.2, 0) is 22.5 Å². The van der Waals surface area contributed by atoms with E-state index >= 15 is 0 Å². The Bertz CT molecular complexity index is 994. The second kappa shape index (κ2) is 10.3. The van der Waals surface area contributed by atoms with Crippen molar-refractivity contribution in [3.8, 4) is 11.5 Å². The first-order valence-electron chi connectivity index (χ1n) is 10.8. The number of nitrogens with zero attached hydrogens (tertiary/aromatic N) is 2. The molecule has 1 unspecified atom stereocenters. The molecule has 0 bridgehead atoms. The molecule has 1 saturated heterocycles. The molecule has 3 aromatic rings. The number of hydrogen-bond donors (Lipinski definition) is 1. The highest BCUT2D eigenvalue weighted by Crippen LogP contribution is 2.19. The van der Waals surface area contributed by atoms with Gasteiger partial charge in [0.25, 0.3) is 0 Å². The SMILES string of the molecule is COc1ccc(OCCCn2c(CCNC(=O)C3CCCO3)nc3ccccc32)cc1. The molecular formula is C24H29N3O4. The lowest BCUT2D eigenvalue weighted by Gasteiger charge is -2.12. The van der Waals surface area contributed by atoms with E-state index in [1.165, 1.54) is 0 Å². The average molecular weight is 424 g/mol. The summed E-state index contributed by atoms with van der Waals surface area (Å²) in [5, 5.41) is 2.99. The van der Waals surface area contributed by atoms with E-state index in [9.17, 15) is 4.79 Å². The van der Waals surface area contributed by atoms with Gasteiger partial charge in [-0.15, -0.1) is 0 Å². The molecular weight excluding hydrogens is 394 g/mol. The van der Waals surface area contributed by atoms with Gasteiger partial charge in [-0.05, 0) is 55.7 Å². The minimum atomic E-state index is -0.297. The lowest BCUT2D eigenvalue weighted by atomic mass is 10.2. The van der Waals surface area contributed by atoms with Crippen LogP contribution in [0.3, 0.4) is 0 Å². The van der Waals surface area contributed by atoms with Crippen LogP contribution >= 0.6 is 0 Å². The molecule has 1 atom stereocenters. The van der Waals surface area contributed by atoms with Crippen molar-refractivity contribution in [3.05, 3.63) is 54.4 Å². The van der Waals surface area contributed by atoms with Crippen LogP contribution in [0.2, 0.25) is 0 Å². The maximum absolute atomic E-state index is 12.2. The minimum absolute atomic E-state index is 0.0203. The number of imidazole rings is 1. The van der Waals surface area contributed by atoms with E-state index in [1.807, 2.05) is 42.5 Å². The molecule has 2 aromatic carbocycles. The van der Waals surface area contributed by atoms with E-state index in [4.69, 9.17) is 19.2 Å². The molecule has 4 rings (SSSR count). The number of fused-ring (bicyclic) bond motifs is 1. The Morgan fingerprint density at radius 1 is 1.19 bits per heavy atom. The summed E-state index contributed by atoms with van der Waals surface area (Å²) in [5.74, 6) is 2.59. The number of hydrogen-bond acceptors (Lipinski definition) is 5. The van der Waals surface area contributed by atoms with E-state index in [2.05, 4.69) is 16.0 Å². The predicted octanol–water partition coefficient (Wildman–Crippen LogP) is 3.35. The molecule has 1 N–H and O–H groups in total. The molecule has 0 saturated carbocycles. The van der Waals surface area contributed by atoms with Gasteiger partial charge in [-0.1, -0.05) is 12.1 Å². The van der Waals surface area contributed by atoms with E-state index in [0.29, 0.717) is 26.2 Å². The Kier molecular flexibility index (Phi) is 7.04. The first kappa shape index (κ1) is 21.2. The minimum Gasteiger partial charge on any atom is -0.497 e. The quantitative estimate of drug-likeness (QED) is 0.506. The zero-order valence-corrected chi connectivity index (χ0v) is 17.9. The molecule has 0 radical (unpaired) electrons. The van der Waals surface area contributed by atoms with Crippen LogP contribution < -0.4 is 14.8 Å². The number of carbonyl (C=O) groups excluding carboxylic acids is 1. The number of benzene rings is 2. The van der Waals surface area contributed by atoms with Gasteiger partial charge in [0.05, 0.1) is 24.8 Å². The van der Waals surface area contributed by atoms with Gasteiger partial charge in [0.1, 0.15) is 23.4 Å². The second-order valence-electron chi connectivity index (χ2n) is 7.59. The number of para-hydroxylation sites is 2. The Morgan fingerprint density at radius 3 is 2.77 bits per heavy atom. The second-order valence-corrected chi connectivity index (χ2v) is 7.59. The van der Waals surface area contributed by atoms with Crippen LogP contribution in [0.1, 0.15) is 25.1 Å². The summed E-state index contributed by atoms with van der Waals surface area (Å²) in [4.78, 5) is 17.0. The van der Waals surface area contributed by atoms with E-state index in [1.54, 1.807) is 7.11 Å². The van der Waals surface area contributed by atoms with Crippen LogP contribution in [-0.4, -0.2) is 48.4 Å². The highest BCUT2D eigenvalue weighted by molar-refractivity contribution is 5.81. The molecule has 1 aliphatic rings. The third-order valence-corrected chi connectivity index (χ3v) is 5.46. The van der Waals surface area contributed by atoms with Crippen molar-refractivity contribution >= 4 is 16.9 Å². The Morgan fingerprint density at radius 2 is 2.00 bits per heavy atom. The summed E-state index contributed by atoms with van der Waals surface area (Å²) in [6.07, 6.45) is 2.98. The van der Waals surface area contributed by atoms with Crippen molar-refractivity contribution in [1.29, 1.82) is 0 Å². The fourth-order valence-electron chi connectivity index (χ4n) is 3.85. The van der Waals surface area contributed by atoms with Crippen molar-refractivity contribution in [1.82, 2.24) is 14.9 Å². The van der Waals surface area contributed by atoms with Crippen LogP contribution in [0.5, 0.6) is 11.5 Å². The van der Waals surface area contributed by atoms with Gasteiger partial charge >= 0.3 is 0 Å². The fraction of sp³-hybridized carbons (Fsp3) is 0.417. The van der Waals surface area contributed by atoms with Crippen molar-refractivity contribution < 1.29 is 19.0 Å². The van der Waals surface area contributed by atoms with Crippen LogP contribution in [0.4, 0.5) is 0 Å². The van der Waals surface area contributed by atoms with Gasteiger partial charge in [-0.3, -0.25) is 4.79 Å². The highest BCUT2D eigenvalue weighted by atomic mass is 16.5. The number of aromatic nitrogens is 2. The van der Waals surface area contributed by atoms with E-state index in [0.717, 1.165) is 54.2 Å². The number of amides is 1. The van der Waals surface area contributed by atoms with Gasteiger partial charge in [-0.2, -0.15) is 0 Å². The molecule has 2 heterocycles. The molecule has 1 aromatic heterocycles. The molecule has 1 fully saturated rings. The normalized spacial score (nSPS) is 15.8. The van der Waals surface area contributed by atoms with Crippen molar-refractivity contribution in [2.45, 2.75) is 38.3 Å². The summed E-state index contributed by atoms with van der Waals surface area (Å²) in [7, 11) is 1.65. The molecule has 7 nitrogen and oxygen atoms in total. The zero-order chi connectivity index (χ0) is 21.5. The first-order chi connectivity index (χ1) is 15.2. The van der Waals surface area contributed by atoms with Crippen LogP contribution in [0.25, 0.3) is 11.0 Å². The molecule has 7 heteroatoms. The molecule has 164 valence electrons. The van der Waals surface area contributed by atoms with E-state index < -0.39 is 0 Å². The number of methoxy groups -OCH3 is 1. The van der Waals surface area contributed by atoms with Gasteiger partial charge in [0.2, 0.25) is 5.91 Å². The Labute approximate surface area is 182 Å². The van der Waals surface area contributed by atoms with Gasteiger partial charge in [-0.25, -0.2) is 4.98 Å². The van der Waals surface area contributed by atoms with Crippen molar-refractivity contribution in [2.24, 2.45) is 0 Å². The fourth-order valence-corrected chi connectivity index (χ4v) is 3.85. The van der Waals surface area contributed by atoms with Crippen LogP contribution in [0.15, 0.2) is 48.5 Å². The molecule has 1 aliphatic heterocycles. The lowest BCUT2D eigenvalue weighted by molar-refractivity contribution is -0.130. The molecule has 1 amide bonds. The van der Waals surface area contributed by atoms with Crippen molar-refractivity contribution in [3.63, 3.8) is 0 Å². The van der Waals surface area contributed by atoms with Crippen molar-refractivity contribution in [2.75, 3.05) is 26.9 Å². The lowest BCUT2D eigenvalue weighted by Crippen LogP contribution is -2.35. The maximum atomic E-state index is 12.2.